The average Bonchev–Trinajstić information content (AvgIpc) is 2.18. The van der Waals surface area contributed by atoms with Crippen molar-refractivity contribution < 1.29 is 14.2 Å². The van der Waals surface area contributed by atoms with E-state index in [1.165, 1.54) is 6.07 Å². The zero-order valence-electron chi connectivity index (χ0n) is 8.09. The summed E-state index contributed by atoms with van der Waals surface area (Å²) in [5.41, 5.74) is 0.751. The number of rotatable bonds is 5. The molecule has 0 saturated carbocycles. The molecule has 1 rings (SSSR count). The van der Waals surface area contributed by atoms with E-state index >= 15 is 0 Å². The topological polar surface area (TPSA) is 41.5 Å². The van der Waals surface area contributed by atoms with Crippen LogP contribution in [0.15, 0.2) is 18.2 Å². The Bertz CT molecular complexity index is 291. The van der Waals surface area contributed by atoms with Gasteiger partial charge >= 0.3 is 0 Å². The summed E-state index contributed by atoms with van der Waals surface area (Å²) in [4.78, 5) is 0. The van der Waals surface area contributed by atoms with Crippen LogP contribution in [0.3, 0.4) is 0 Å². The van der Waals surface area contributed by atoms with Crippen molar-refractivity contribution in [1.29, 1.82) is 0 Å². The largest absolute Gasteiger partial charge is 0.488 e. The average molecular weight is 199 g/mol. The summed E-state index contributed by atoms with van der Waals surface area (Å²) >= 11 is 0. The minimum atomic E-state index is -0.397. The van der Waals surface area contributed by atoms with Crippen molar-refractivity contribution in [2.45, 2.75) is 6.54 Å². The Balaban J connectivity index is 2.84. The van der Waals surface area contributed by atoms with Crippen LogP contribution < -0.4 is 10.1 Å². The Labute approximate surface area is 82.5 Å². The number of benzene rings is 1. The standard InChI is InChI=1S/C10H14FNO2/c1-12-7-8-3-2-4-9(11)10(8)14-6-5-13/h2-4,12-13H,5-7H2,1H3. The van der Waals surface area contributed by atoms with Crippen LogP contribution in [0.1, 0.15) is 5.56 Å². The second kappa shape index (κ2) is 5.57. The molecule has 0 bridgehead atoms. The highest BCUT2D eigenvalue weighted by molar-refractivity contribution is 5.34. The summed E-state index contributed by atoms with van der Waals surface area (Å²) in [7, 11) is 1.78. The molecule has 0 atom stereocenters. The van der Waals surface area contributed by atoms with Crippen LogP contribution in [0.4, 0.5) is 4.39 Å². The zero-order chi connectivity index (χ0) is 10.4. The molecule has 0 saturated heterocycles. The van der Waals surface area contributed by atoms with E-state index in [1.54, 1.807) is 19.2 Å². The fraction of sp³-hybridized carbons (Fsp3) is 0.400. The van der Waals surface area contributed by atoms with Gasteiger partial charge in [0.15, 0.2) is 11.6 Å². The van der Waals surface area contributed by atoms with E-state index in [-0.39, 0.29) is 19.0 Å². The summed E-state index contributed by atoms with van der Waals surface area (Å²) < 4.78 is 18.4. The first kappa shape index (κ1) is 10.9. The maximum atomic E-state index is 13.3. The van der Waals surface area contributed by atoms with Gasteiger partial charge in [0.05, 0.1) is 6.61 Å². The lowest BCUT2D eigenvalue weighted by Crippen LogP contribution is -2.10. The maximum absolute atomic E-state index is 13.3. The monoisotopic (exact) mass is 199 g/mol. The number of ether oxygens (including phenoxy) is 1. The van der Waals surface area contributed by atoms with Gasteiger partial charge in [0, 0.05) is 12.1 Å². The highest BCUT2D eigenvalue weighted by atomic mass is 19.1. The van der Waals surface area contributed by atoms with Gasteiger partial charge in [0.1, 0.15) is 6.61 Å². The molecule has 0 aliphatic rings. The van der Waals surface area contributed by atoms with Gasteiger partial charge in [0.25, 0.3) is 0 Å². The Morgan fingerprint density at radius 3 is 2.93 bits per heavy atom. The number of aliphatic hydroxyl groups excluding tert-OH is 1. The van der Waals surface area contributed by atoms with Crippen molar-refractivity contribution >= 4 is 0 Å². The second-order valence-electron chi connectivity index (χ2n) is 2.83. The minimum Gasteiger partial charge on any atom is -0.488 e. The molecule has 0 aromatic heterocycles. The number of hydrogen-bond donors (Lipinski definition) is 2. The van der Waals surface area contributed by atoms with Gasteiger partial charge in [-0.1, -0.05) is 12.1 Å². The molecule has 14 heavy (non-hydrogen) atoms. The molecule has 78 valence electrons. The van der Waals surface area contributed by atoms with Gasteiger partial charge in [-0.05, 0) is 13.1 Å². The molecule has 0 spiro atoms. The van der Waals surface area contributed by atoms with E-state index in [1.807, 2.05) is 0 Å². The van der Waals surface area contributed by atoms with Crippen LogP contribution in [-0.2, 0) is 6.54 Å². The van der Waals surface area contributed by atoms with E-state index in [4.69, 9.17) is 9.84 Å². The molecule has 0 aliphatic heterocycles. The van der Waals surface area contributed by atoms with Gasteiger partial charge < -0.3 is 15.2 Å². The summed E-state index contributed by atoms with van der Waals surface area (Å²) in [5, 5.41) is 11.5. The molecular weight excluding hydrogens is 185 g/mol. The lowest BCUT2D eigenvalue weighted by molar-refractivity contribution is 0.195. The molecule has 1 aromatic carbocycles. The third-order valence-corrected chi connectivity index (χ3v) is 1.75. The summed E-state index contributed by atoms with van der Waals surface area (Å²) in [6.45, 7) is 0.531. The van der Waals surface area contributed by atoms with E-state index in [9.17, 15) is 4.39 Å². The van der Waals surface area contributed by atoms with Gasteiger partial charge in [-0.15, -0.1) is 0 Å². The fourth-order valence-electron chi connectivity index (χ4n) is 1.19. The maximum Gasteiger partial charge on any atom is 0.165 e. The number of para-hydroxylation sites is 1. The normalized spacial score (nSPS) is 10.2. The molecule has 0 fully saturated rings. The summed E-state index contributed by atoms with van der Waals surface area (Å²) in [5.74, 6) is -0.179. The zero-order valence-corrected chi connectivity index (χ0v) is 8.09. The Hall–Kier alpha value is -1.13. The van der Waals surface area contributed by atoms with Crippen LogP contribution >= 0.6 is 0 Å². The molecule has 3 nitrogen and oxygen atoms in total. The SMILES string of the molecule is CNCc1cccc(F)c1OCCO. The van der Waals surface area contributed by atoms with E-state index in [0.29, 0.717) is 6.54 Å². The van der Waals surface area contributed by atoms with Crippen LogP contribution in [-0.4, -0.2) is 25.4 Å². The molecular formula is C10H14FNO2. The molecule has 1 aromatic rings. The van der Waals surface area contributed by atoms with Crippen LogP contribution in [0.5, 0.6) is 5.75 Å². The van der Waals surface area contributed by atoms with Gasteiger partial charge in [-0.2, -0.15) is 0 Å². The third kappa shape index (κ3) is 2.68. The van der Waals surface area contributed by atoms with Crippen molar-refractivity contribution in [3.8, 4) is 5.75 Å². The lowest BCUT2D eigenvalue weighted by atomic mass is 10.2. The Kier molecular flexibility index (Phi) is 4.35. The highest BCUT2D eigenvalue weighted by Gasteiger charge is 2.08. The van der Waals surface area contributed by atoms with E-state index < -0.39 is 5.82 Å². The van der Waals surface area contributed by atoms with Gasteiger partial charge in [0.2, 0.25) is 0 Å². The van der Waals surface area contributed by atoms with Gasteiger partial charge in [-0.3, -0.25) is 0 Å². The molecule has 4 heteroatoms. The fourth-order valence-corrected chi connectivity index (χ4v) is 1.19. The van der Waals surface area contributed by atoms with Crippen molar-refractivity contribution in [2.75, 3.05) is 20.3 Å². The third-order valence-electron chi connectivity index (χ3n) is 1.75. The van der Waals surface area contributed by atoms with Crippen molar-refractivity contribution in [3.05, 3.63) is 29.6 Å². The first-order chi connectivity index (χ1) is 6.79. The molecule has 2 N–H and O–H groups in total. The Morgan fingerprint density at radius 1 is 1.50 bits per heavy atom. The van der Waals surface area contributed by atoms with Crippen molar-refractivity contribution in [2.24, 2.45) is 0 Å². The molecule has 0 amide bonds. The smallest absolute Gasteiger partial charge is 0.165 e. The molecule has 0 unspecified atom stereocenters. The Morgan fingerprint density at radius 2 is 2.29 bits per heavy atom. The van der Waals surface area contributed by atoms with E-state index in [0.717, 1.165) is 5.56 Å². The van der Waals surface area contributed by atoms with Crippen LogP contribution in [0.25, 0.3) is 0 Å². The first-order valence-corrected chi connectivity index (χ1v) is 4.45. The predicted molar refractivity (Wildman–Crippen MR) is 51.7 cm³/mol. The second-order valence-corrected chi connectivity index (χ2v) is 2.83. The first-order valence-electron chi connectivity index (χ1n) is 4.45. The number of nitrogens with one attached hydrogen (secondary N) is 1. The minimum absolute atomic E-state index is 0.109. The quantitative estimate of drug-likeness (QED) is 0.740. The molecule has 0 aliphatic carbocycles. The predicted octanol–water partition coefficient (Wildman–Crippen LogP) is 0.916. The molecule has 0 heterocycles. The van der Waals surface area contributed by atoms with Crippen molar-refractivity contribution in [1.82, 2.24) is 5.32 Å². The number of halogens is 1. The van der Waals surface area contributed by atoms with Crippen molar-refractivity contribution in [3.63, 3.8) is 0 Å². The van der Waals surface area contributed by atoms with Gasteiger partial charge in [-0.25, -0.2) is 4.39 Å². The van der Waals surface area contributed by atoms with E-state index in [2.05, 4.69) is 5.32 Å². The highest BCUT2D eigenvalue weighted by Crippen LogP contribution is 2.22. The number of hydrogen-bond acceptors (Lipinski definition) is 3. The van der Waals surface area contributed by atoms with Crippen LogP contribution in [0.2, 0.25) is 0 Å². The van der Waals surface area contributed by atoms with Crippen LogP contribution in [0, 0.1) is 5.82 Å². The number of aliphatic hydroxyl groups is 1. The molecule has 0 radical (unpaired) electrons. The summed E-state index contributed by atoms with van der Waals surface area (Å²) in [6.07, 6.45) is 0. The lowest BCUT2D eigenvalue weighted by Gasteiger charge is -2.10. The summed E-state index contributed by atoms with van der Waals surface area (Å²) in [6, 6.07) is 4.76.